The highest BCUT2D eigenvalue weighted by Gasteiger charge is 2.10. The van der Waals surface area contributed by atoms with Crippen molar-refractivity contribution in [3.05, 3.63) is 65.2 Å². The molecule has 2 rings (SSSR count). The normalized spacial score (nSPS) is 11.4. The fourth-order valence-electron chi connectivity index (χ4n) is 1.83. The van der Waals surface area contributed by atoms with Crippen molar-refractivity contribution in [1.82, 2.24) is 0 Å². The molecule has 0 aliphatic carbocycles. The molecule has 0 aliphatic rings. The Balaban J connectivity index is 2.24. The second-order valence-corrected chi connectivity index (χ2v) is 4.09. The van der Waals surface area contributed by atoms with E-state index < -0.39 is 11.6 Å². The van der Waals surface area contributed by atoms with E-state index in [0.29, 0.717) is 11.1 Å². The van der Waals surface area contributed by atoms with E-state index in [1.807, 2.05) is 0 Å². The van der Waals surface area contributed by atoms with Crippen molar-refractivity contribution in [2.45, 2.75) is 6.54 Å². The number of oxime groups is 1. The van der Waals surface area contributed by atoms with Crippen LogP contribution in [0.15, 0.2) is 47.6 Å². The standard InChI is InChI=1S/C14H13F2N3O/c15-11-6-3-7-12(16)13(11)18-8-9-4-1-2-5-10(9)14(17)19-20/h1-7,18,20H,8H2,(H2,17,19). The molecule has 0 aromatic heterocycles. The number of hydrogen-bond donors (Lipinski definition) is 3. The monoisotopic (exact) mass is 277 g/mol. The molecule has 0 bridgehead atoms. The molecule has 0 heterocycles. The number of nitrogens with one attached hydrogen (secondary N) is 1. The van der Waals surface area contributed by atoms with Gasteiger partial charge in [0.25, 0.3) is 0 Å². The van der Waals surface area contributed by atoms with E-state index in [9.17, 15) is 8.78 Å². The molecule has 104 valence electrons. The topological polar surface area (TPSA) is 70.6 Å². The number of benzene rings is 2. The number of rotatable bonds is 4. The highest BCUT2D eigenvalue weighted by Crippen LogP contribution is 2.19. The third-order valence-electron chi connectivity index (χ3n) is 2.82. The van der Waals surface area contributed by atoms with Crippen LogP contribution >= 0.6 is 0 Å². The SMILES string of the molecule is NC(=NO)c1ccccc1CNc1c(F)cccc1F. The van der Waals surface area contributed by atoms with E-state index >= 15 is 0 Å². The van der Waals surface area contributed by atoms with Crippen molar-refractivity contribution >= 4 is 11.5 Å². The summed E-state index contributed by atoms with van der Waals surface area (Å²) in [6.45, 7) is 0.143. The Morgan fingerprint density at radius 3 is 2.40 bits per heavy atom. The van der Waals surface area contributed by atoms with Gasteiger partial charge in [-0.05, 0) is 17.7 Å². The van der Waals surface area contributed by atoms with Gasteiger partial charge in [0.15, 0.2) is 5.84 Å². The average Bonchev–Trinajstić information content (AvgIpc) is 2.46. The van der Waals surface area contributed by atoms with Crippen LogP contribution in [0.3, 0.4) is 0 Å². The predicted molar refractivity (Wildman–Crippen MR) is 72.6 cm³/mol. The van der Waals surface area contributed by atoms with Crippen LogP contribution in [0.1, 0.15) is 11.1 Å². The van der Waals surface area contributed by atoms with E-state index in [0.717, 1.165) is 0 Å². The summed E-state index contributed by atoms with van der Waals surface area (Å²) in [4.78, 5) is 0. The maximum atomic E-state index is 13.5. The van der Waals surface area contributed by atoms with Crippen LogP contribution in [-0.2, 0) is 6.54 Å². The largest absolute Gasteiger partial charge is 0.409 e. The molecule has 0 radical (unpaired) electrons. The van der Waals surface area contributed by atoms with Crippen LogP contribution in [0.4, 0.5) is 14.5 Å². The van der Waals surface area contributed by atoms with Gasteiger partial charge in [-0.15, -0.1) is 0 Å². The summed E-state index contributed by atoms with van der Waals surface area (Å²) in [7, 11) is 0. The Morgan fingerprint density at radius 1 is 1.10 bits per heavy atom. The van der Waals surface area contributed by atoms with Gasteiger partial charge in [0.2, 0.25) is 0 Å². The number of nitrogens with two attached hydrogens (primary N) is 1. The Morgan fingerprint density at radius 2 is 1.75 bits per heavy atom. The van der Waals surface area contributed by atoms with Gasteiger partial charge in [0, 0.05) is 12.1 Å². The lowest BCUT2D eigenvalue weighted by atomic mass is 10.1. The fraction of sp³-hybridized carbons (Fsp3) is 0.0714. The van der Waals surface area contributed by atoms with Crippen LogP contribution < -0.4 is 11.1 Å². The number of halogens is 2. The zero-order valence-electron chi connectivity index (χ0n) is 10.5. The van der Waals surface area contributed by atoms with Gasteiger partial charge in [-0.2, -0.15) is 0 Å². The molecule has 2 aromatic carbocycles. The van der Waals surface area contributed by atoms with Gasteiger partial charge in [-0.3, -0.25) is 0 Å². The summed E-state index contributed by atoms with van der Waals surface area (Å²) in [5.74, 6) is -1.41. The van der Waals surface area contributed by atoms with Gasteiger partial charge in [0.1, 0.15) is 17.3 Å². The maximum absolute atomic E-state index is 13.5. The second kappa shape index (κ2) is 6.01. The van der Waals surface area contributed by atoms with Crippen molar-refractivity contribution in [2.24, 2.45) is 10.9 Å². The van der Waals surface area contributed by atoms with E-state index in [1.54, 1.807) is 24.3 Å². The molecular formula is C14H13F2N3O. The molecule has 0 aliphatic heterocycles. The number of nitrogens with zero attached hydrogens (tertiary/aromatic N) is 1. The molecular weight excluding hydrogens is 264 g/mol. The zero-order chi connectivity index (χ0) is 14.5. The Kier molecular flexibility index (Phi) is 4.14. The van der Waals surface area contributed by atoms with Gasteiger partial charge >= 0.3 is 0 Å². The van der Waals surface area contributed by atoms with Gasteiger partial charge in [0.05, 0.1) is 0 Å². The van der Waals surface area contributed by atoms with E-state index in [4.69, 9.17) is 10.9 Å². The van der Waals surface area contributed by atoms with Gasteiger partial charge in [-0.25, -0.2) is 8.78 Å². The minimum atomic E-state index is -0.675. The summed E-state index contributed by atoms with van der Waals surface area (Å²) >= 11 is 0. The Bertz CT molecular complexity index is 624. The summed E-state index contributed by atoms with van der Waals surface area (Å²) in [6.07, 6.45) is 0. The van der Waals surface area contributed by atoms with Crippen LogP contribution in [0.2, 0.25) is 0 Å². The van der Waals surface area contributed by atoms with Crippen LogP contribution in [0.5, 0.6) is 0 Å². The number of hydrogen-bond acceptors (Lipinski definition) is 3. The molecule has 0 spiro atoms. The first-order valence-corrected chi connectivity index (χ1v) is 5.87. The third-order valence-corrected chi connectivity index (χ3v) is 2.82. The molecule has 4 nitrogen and oxygen atoms in total. The number of amidine groups is 1. The summed E-state index contributed by atoms with van der Waals surface area (Å²) in [5.41, 5.74) is 6.50. The quantitative estimate of drug-likeness (QED) is 0.348. The second-order valence-electron chi connectivity index (χ2n) is 4.09. The third kappa shape index (κ3) is 2.85. The molecule has 4 N–H and O–H groups in total. The fourth-order valence-corrected chi connectivity index (χ4v) is 1.83. The lowest BCUT2D eigenvalue weighted by Crippen LogP contribution is -2.17. The van der Waals surface area contributed by atoms with Crippen molar-refractivity contribution in [2.75, 3.05) is 5.32 Å². The van der Waals surface area contributed by atoms with Gasteiger partial charge in [-0.1, -0.05) is 35.5 Å². The lowest BCUT2D eigenvalue weighted by molar-refractivity contribution is 0.318. The van der Waals surface area contributed by atoms with Crippen LogP contribution in [0.25, 0.3) is 0 Å². The van der Waals surface area contributed by atoms with Crippen molar-refractivity contribution in [1.29, 1.82) is 0 Å². The van der Waals surface area contributed by atoms with E-state index in [2.05, 4.69) is 10.5 Å². The molecule has 0 fully saturated rings. The molecule has 20 heavy (non-hydrogen) atoms. The first-order valence-electron chi connectivity index (χ1n) is 5.87. The average molecular weight is 277 g/mol. The van der Waals surface area contributed by atoms with E-state index in [1.165, 1.54) is 18.2 Å². The Hall–Kier alpha value is -2.63. The molecule has 0 amide bonds. The van der Waals surface area contributed by atoms with Crippen molar-refractivity contribution in [3.63, 3.8) is 0 Å². The maximum Gasteiger partial charge on any atom is 0.170 e. The van der Waals surface area contributed by atoms with Crippen molar-refractivity contribution < 1.29 is 14.0 Å². The smallest absolute Gasteiger partial charge is 0.170 e. The number of anilines is 1. The minimum absolute atomic E-state index is 0.0589. The molecule has 0 saturated carbocycles. The van der Waals surface area contributed by atoms with Crippen LogP contribution in [0, 0.1) is 11.6 Å². The lowest BCUT2D eigenvalue weighted by Gasteiger charge is -2.11. The highest BCUT2D eigenvalue weighted by molar-refractivity contribution is 5.98. The molecule has 0 atom stereocenters. The first-order chi connectivity index (χ1) is 9.63. The molecule has 0 unspecified atom stereocenters. The zero-order valence-corrected chi connectivity index (χ0v) is 10.5. The summed E-state index contributed by atoms with van der Waals surface area (Å²) < 4.78 is 27.0. The van der Waals surface area contributed by atoms with Gasteiger partial charge < -0.3 is 16.3 Å². The first kappa shape index (κ1) is 13.8. The highest BCUT2D eigenvalue weighted by atomic mass is 19.1. The van der Waals surface area contributed by atoms with Crippen molar-refractivity contribution in [3.8, 4) is 0 Å². The van der Waals surface area contributed by atoms with E-state index in [-0.39, 0.29) is 18.1 Å². The summed E-state index contributed by atoms with van der Waals surface area (Å²) in [6, 6.07) is 10.5. The summed E-state index contributed by atoms with van der Waals surface area (Å²) in [5, 5.41) is 14.3. The predicted octanol–water partition coefficient (Wildman–Crippen LogP) is 2.67. The molecule has 2 aromatic rings. The Labute approximate surface area is 114 Å². The minimum Gasteiger partial charge on any atom is -0.409 e. The number of para-hydroxylation sites is 1. The molecule has 6 heteroatoms. The van der Waals surface area contributed by atoms with Crippen LogP contribution in [-0.4, -0.2) is 11.0 Å². The molecule has 0 saturated heterocycles.